The van der Waals surface area contributed by atoms with Crippen LogP contribution < -0.4 is 16.8 Å². The first-order chi connectivity index (χ1) is 13.1. The van der Waals surface area contributed by atoms with Crippen molar-refractivity contribution in [3.05, 3.63) is 63.6 Å². The van der Waals surface area contributed by atoms with Gasteiger partial charge in [0.2, 0.25) is 5.13 Å². The van der Waals surface area contributed by atoms with E-state index in [2.05, 4.69) is 20.5 Å². The minimum absolute atomic E-state index is 0.0657. The first-order valence-corrected chi connectivity index (χ1v) is 9.47. The number of anilines is 1. The molecule has 0 aliphatic rings. The van der Waals surface area contributed by atoms with Gasteiger partial charge in [-0.25, -0.2) is 4.79 Å². The van der Waals surface area contributed by atoms with Crippen molar-refractivity contribution in [1.29, 1.82) is 0 Å². The topological polar surface area (TPSA) is 110 Å². The molecule has 0 saturated carbocycles. The lowest BCUT2D eigenvalue weighted by molar-refractivity contribution is 0.555. The number of nitrogens with zero attached hydrogens (tertiary/aromatic N) is 2. The predicted octanol–water partition coefficient (Wildman–Crippen LogP) is 3.27. The summed E-state index contributed by atoms with van der Waals surface area (Å²) in [4.78, 5) is 13.9. The van der Waals surface area contributed by atoms with Crippen LogP contribution >= 0.6 is 22.9 Å². The molecule has 0 amide bonds. The van der Waals surface area contributed by atoms with E-state index in [1.807, 2.05) is 30.3 Å². The molecule has 2 heterocycles. The van der Waals surface area contributed by atoms with Gasteiger partial charge in [-0.1, -0.05) is 35.1 Å². The molecular weight excluding hydrogens is 386 g/mol. The zero-order chi connectivity index (χ0) is 18.8. The maximum atomic E-state index is 11.3. The molecule has 1 atom stereocenters. The van der Waals surface area contributed by atoms with Crippen LogP contribution in [0.5, 0.6) is 0 Å². The molecule has 2 aromatic carbocycles. The molecule has 4 rings (SSSR count). The highest BCUT2D eigenvalue weighted by Gasteiger charge is 2.11. The third-order valence-electron chi connectivity index (χ3n) is 4.02. The summed E-state index contributed by atoms with van der Waals surface area (Å²) in [7, 11) is 0. The molecule has 2 aromatic heterocycles. The summed E-state index contributed by atoms with van der Waals surface area (Å²) in [5.74, 6) is -0.476. The van der Waals surface area contributed by atoms with Crippen LogP contribution in [-0.2, 0) is 6.42 Å². The second kappa shape index (κ2) is 7.51. The predicted molar refractivity (Wildman–Crippen MR) is 107 cm³/mol. The van der Waals surface area contributed by atoms with Crippen molar-refractivity contribution in [2.75, 3.05) is 11.9 Å². The minimum Gasteiger partial charge on any atom is -0.408 e. The number of hydrogen-bond acceptors (Lipinski definition) is 7. The molecule has 0 spiro atoms. The molecule has 27 heavy (non-hydrogen) atoms. The van der Waals surface area contributed by atoms with Crippen LogP contribution in [0.4, 0.5) is 5.13 Å². The lowest BCUT2D eigenvalue weighted by Gasteiger charge is -2.12. The molecule has 0 fully saturated rings. The molecular formula is C18H16ClN5O2S. The summed E-state index contributed by atoms with van der Waals surface area (Å²) in [6.45, 7) is 0.572. The molecule has 138 valence electrons. The zero-order valence-electron chi connectivity index (χ0n) is 14.1. The van der Waals surface area contributed by atoms with Gasteiger partial charge in [0.15, 0.2) is 5.58 Å². The van der Waals surface area contributed by atoms with Gasteiger partial charge in [0, 0.05) is 23.2 Å². The Morgan fingerprint density at radius 1 is 1.22 bits per heavy atom. The van der Waals surface area contributed by atoms with E-state index in [0.29, 0.717) is 27.8 Å². The number of fused-ring (bicyclic) bond motifs is 1. The Hall–Kier alpha value is -2.68. The number of aromatic amines is 1. The Bertz CT molecular complexity index is 1120. The average Bonchev–Trinajstić information content (AvgIpc) is 3.26. The van der Waals surface area contributed by atoms with Gasteiger partial charge in [-0.3, -0.25) is 4.98 Å². The molecule has 0 aliphatic heterocycles. The molecule has 0 radical (unpaired) electrons. The second-order valence-corrected chi connectivity index (χ2v) is 7.52. The first kappa shape index (κ1) is 17.7. The number of rotatable bonds is 6. The van der Waals surface area contributed by atoms with Gasteiger partial charge in [-0.05, 0) is 42.3 Å². The molecule has 4 aromatic rings. The standard InChI is InChI=1S/C18H16ClN5O2S/c19-12-4-1-10(2-5-12)7-13(20)9-21-17-24-23-16(27-17)11-3-6-14-15(8-11)26-18(25)22-14/h1-6,8,13H,7,9,20H2,(H,21,24)(H,22,25)/t13-/m1/s1. The number of halogens is 1. The van der Waals surface area contributed by atoms with Crippen LogP contribution in [0.2, 0.25) is 5.02 Å². The Labute approximate surface area is 163 Å². The largest absolute Gasteiger partial charge is 0.417 e. The van der Waals surface area contributed by atoms with Crippen LogP contribution in [0.15, 0.2) is 51.7 Å². The maximum absolute atomic E-state index is 11.3. The second-order valence-electron chi connectivity index (χ2n) is 6.11. The van der Waals surface area contributed by atoms with Gasteiger partial charge >= 0.3 is 5.76 Å². The highest BCUT2D eigenvalue weighted by atomic mass is 35.5. The lowest BCUT2D eigenvalue weighted by atomic mass is 10.1. The highest BCUT2D eigenvalue weighted by molar-refractivity contribution is 7.18. The normalized spacial score (nSPS) is 12.4. The van der Waals surface area contributed by atoms with E-state index in [4.69, 9.17) is 21.8 Å². The summed E-state index contributed by atoms with van der Waals surface area (Å²) >= 11 is 7.31. The fourth-order valence-electron chi connectivity index (χ4n) is 2.70. The zero-order valence-corrected chi connectivity index (χ0v) is 15.7. The van der Waals surface area contributed by atoms with Gasteiger partial charge in [0.25, 0.3) is 0 Å². The number of H-pyrrole nitrogens is 1. The first-order valence-electron chi connectivity index (χ1n) is 8.27. The smallest absolute Gasteiger partial charge is 0.408 e. The van der Waals surface area contributed by atoms with Crippen LogP contribution in [0.3, 0.4) is 0 Å². The van der Waals surface area contributed by atoms with E-state index in [0.717, 1.165) is 22.6 Å². The Morgan fingerprint density at radius 3 is 2.85 bits per heavy atom. The quantitative estimate of drug-likeness (QED) is 0.457. The number of nitrogens with two attached hydrogens (primary N) is 1. The summed E-state index contributed by atoms with van der Waals surface area (Å²) in [5, 5.41) is 13.7. The third kappa shape index (κ3) is 4.19. The van der Waals surface area contributed by atoms with E-state index in [1.165, 1.54) is 11.3 Å². The number of hydrogen-bond donors (Lipinski definition) is 3. The third-order valence-corrected chi connectivity index (χ3v) is 5.20. The Kier molecular flexibility index (Phi) is 4.93. The van der Waals surface area contributed by atoms with E-state index in [9.17, 15) is 4.79 Å². The van der Waals surface area contributed by atoms with Crippen molar-refractivity contribution in [1.82, 2.24) is 15.2 Å². The van der Waals surface area contributed by atoms with Crippen LogP contribution in [0, 0.1) is 0 Å². The van der Waals surface area contributed by atoms with Gasteiger partial charge in [0.05, 0.1) is 5.52 Å². The average molecular weight is 402 g/mol. The SMILES string of the molecule is N[C@@H](CNc1nnc(-c2ccc3[nH]c(=O)oc3c2)s1)Cc1ccc(Cl)cc1. The van der Waals surface area contributed by atoms with Gasteiger partial charge < -0.3 is 15.5 Å². The molecule has 0 aliphatic carbocycles. The van der Waals surface area contributed by atoms with E-state index in [-0.39, 0.29) is 6.04 Å². The Morgan fingerprint density at radius 2 is 2.04 bits per heavy atom. The van der Waals surface area contributed by atoms with E-state index in [1.54, 1.807) is 12.1 Å². The molecule has 4 N–H and O–H groups in total. The van der Waals surface area contributed by atoms with E-state index < -0.39 is 5.76 Å². The van der Waals surface area contributed by atoms with Crippen molar-refractivity contribution in [3.63, 3.8) is 0 Å². The van der Waals surface area contributed by atoms with Crippen molar-refractivity contribution >= 4 is 39.2 Å². The summed E-state index contributed by atoms with van der Waals surface area (Å²) in [6, 6.07) is 13.0. The summed E-state index contributed by atoms with van der Waals surface area (Å²) in [6.07, 6.45) is 0.735. The Balaban J connectivity index is 1.39. The fraction of sp³-hybridized carbons (Fsp3) is 0.167. The molecule has 7 nitrogen and oxygen atoms in total. The summed E-state index contributed by atoms with van der Waals surface area (Å²) < 4.78 is 5.08. The van der Waals surface area contributed by atoms with Gasteiger partial charge in [-0.15, -0.1) is 10.2 Å². The van der Waals surface area contributed by atoms with E-state index >= 15 is 0 Å². The molecule has 0 saturated heterocycles. The molecule has 0 bridgehead atoms. The molecule has 9 heteroatoms. The number of oxazole rings is 1. The van der Waals surface area contributed by atoms with Crippen molar-refractivity contribution < 1.29 is 4.42 Å². The lowest BCUT2D eigenvalue weighted by Crippen LogP contribution is -2.31. The summed E-state index contributed by atoms with van der Waals surface area (Å²) in [5.41, 5.74) is 9.30. The van der Waals surface area contributed by atoms with Crippen LogP contribution in [0.1, 0.15) is 5.56 Å². The van der Waals surface area contributed by atoms with Crippen molar-refractivity contribution in [2.24, 2.45) is 5.73 Å². The van der Waals surface area contributed by atoms with Crippen molar-refractivity contribution in [3.8, 4) is 10.6 Å². The van der Waals surface area contributed by atoms with Crippen molar-refractivity contribution in [2.45, 2.75) is 12.5 Å². The number of nitrogens with one attached hydrogen (secondary N) is 2. The highest BCUT2D eigenvalue weighted by Crippen LogP contribution is 2.28. The fourth-order valence-corrected chi connectivity index (χ4v) is 3.58. The minimum atomic E-state index is -0.476. The van der Waals surface area contributed by atoms with Gasteiger partial charge in [0.1, 0.15) is 5.01 Å². The maximum Gasteiger partial charge on any atom is 0.417 e. The van der Waals surface area contributed by atoms with Crippen LogP contribution in [-0.4, -0.2) is 27.8 Å². The molecule has 0 unspecified atom stereocenters. The monoisotopic (exact) mass is 401 g/mol. The number of benzene rings is 2. The van der Waals surface area contributed by atoms with Gasteiger partial charge in [-0.2, -0.15) is 0 Å². The van der Waals surface area contributed by atoms with Crippen LogP contribution in [0.25, 0.3) is 21.7 Å². The number of aromatic nitrogens is 3.